The molecule has 2 nitrogen and oxygen atoms in total. The quantitative estimate of drug-likeness (QED) is 0.707. The zero-order chi connectivity index (χ0) is 10.1. The molecule has 76 valence electrons. The van der Waals surface area contributed by atoms with Gasteiger partial charge in [-0.05, 0) is 31.2 Å². The number of halogens is 1. The molecule has 2 rings (SSSR count). The van der Waals surface area contributed by atoms with Crippen molar-refractivity contribution in [3.63, 3.8) is 0 Å². The lowest BCUT2D eigenvalue weighted by Crippen LogP contribution is -2.27. The van der Waals surface area contributed by atoms with Gasteiger partial charge in [-0.15, -0.1) is 0 Å². The van der Waals surface area contributed by atoms with Gasteiger partial charge in [-0.3, -0.25) is 0 Å². The summed E-state index contributed by atoms with van der Waals surface area (Å²) in [5.41, 5.74) is 2.50. The van der Waals surface area contributed by atoms with Crippen LogP contribution in [0.25, 0.3) is 0 Å². The monoisotopic (exact) mass is 211 g/mol. The summed E-state index contributed by atoms with van der Waals surface area (Å²) in [4.78, 5) is 2.27. The van der Waals surface area contributed by atoms with Gasteiger partial charge in [-0.1, -0.05) is 11.6 Å². The molecule has 0 amide bonds. The Balaban J connectivity index is 2.49. The summed E-state index contributed by atoms with van der Waals surface area (Å²) in [6.45, 7) is 2.00. The van der Waals surface area contributed by atoms with Crippen molar-refractivity contribution in [2.24, 2.45) is 0 Å². The Morgan fingerprint density at radius 3 is 2.86 bits per heavy atom. The Morgan fingerprint density at radius 2 is 2.14 bits per heavy atom. The molecule has 1 aromatic rings. The Morgan fingerprint density at radius 1 is 1.36 bits per heavy atom. The first-order valence-corrected chi connectivity index (χ1v) is 5.13. The number of hydrogen-bond donors (Lipinski definition) is 0. The molecule has 0 radical (unpaired) electrons. The van der Waals surface area contributed by atoms with Crippen molar-refractivity contribution >= 4 is 11.6 Å². The molecule has 1 heterocycles. The van der Waals surface area contributed by atoms with Gasteiger partial charge in [0.2, 0.25) is 0 Å². The second-order valence-electron chi connectivity index (χ2n) is 3.69. The third-order valence-corrected chi connectivity index (χ3v) is 3.08. The van der Waals surface area contributed by atoms with Gasteiger partial charge < -0.3 is 9.64 Å². The normalized spacial score (nSPS) is 16.5. The standard InChI is InChI=1S/C11H14ClNO/c1-13-6-5-8-9(7-13)10(12)3-4-11(8)14-2/h3-4H,5-7H2,1-2H3. The highest BCUT2D eigenvalue weighted by Crippen LogP contribution is 2.32. The number of ether oxygens (including phenoxy) is 1. The molecule has 0 fully saturated rings. The second-order valence-corrected chi connectivity index (χ2v) is 4.10. The summed E-state index contributed by atoms with van der Waals surface area (Å²) in [5.74, 6) is 0.970. The predicted molar refractivity (Wildman–Crippen MR) is 58.0 cm³/mol. The van der Waals surface area contributed by atoms with Crippen LogP contribution in [-0.2, 0) is 13.0 Å². The molecule has 0 saturated carbocycles. The van der Waals surface area contributed by atoms with Crippen molar-refractivity contribution in [2.75, 3.05) is 20.7 Å². The summed E-state index contributed by atoms with van der Waals surface area (Å²) in [7, 11) is 3.82. The number of rotatable bonds is 1. The van der Waals surface area contributed by atoms with E-state index in [1.807, 2.05) is 12.1 Å². The lowest BCUT2D eigenvalue weighted by molar-refractivity contribution is 0.306. The second kappa shape index (κ2) is 3.79. The Bertz CT molecular complexity index is 351. The van der Waals surface area contributed by atoms with E-state index in [0.29, 0.717) is 0 Å². The average molecular weight is 212 g/mol. The van der Waals surface area contributed by atoms with Crippen LogP contribution in [0.3, 0.4) is 0 Å². The maximum Gasteiger partial charge on any atom is 0.122 e. The number of likely N-dealkylation sites (N-methyl/N-ethyl adjacent to an activating group) is 1. The molecule has 0 aliphatic carbocycles. The summed E-state index contributed by atoms with van der Waals surface area (Å²) in [5, 5.41) is 0.854. The van der Waals surface area contributed by atoms with Crippen molar-refractivity contribution < 1.29 is 4.74 Å². The van der Waals surface area contributed by atoms with Gasteiger partial charge in [0, 0.05) is 23.7 Å². The fourth-order valence-electron chi connectivity index (χ4n) is 1.93. The van der Waals surface area contributed by atoms with E-state index in [1.54, 1.807) is 7.11 Å². The molecule has 0 unspecified atom stereocenters. The van der Waals surface area contributed by atoms with Crippen molar-refractivity contribution in [2.45, 2.75) is 13.0 Å². The van der Waals surface area contributed by atoms with Crippen LogP contribution in [-0.4, -0.2) is 25.6 Å². The largest absolute Gasteiger partial charge is 0.496 e. The first kappa shape index (κ1) is 9.81. The summed E-state index contributed by atoms with van der Waals surface area (Å²) in [6.07, 6.45) is 1.02. The molecule has 0 bridgehead atoms. The first-order chi connectivity index (χ1) is 6.72. The zero-order valence-corrected chi connectivity index (χ0v) is 9.27. The maximum absolute atomic E-state index is 6.15. The summed E-state index contributed by atoms with van der Waals surface area (Å²) < 4.78 is 5.33. The lowest BCUT2D eigenvalue weighted by Gasteiger charge is -2.27. The minimum atomic E-state index is 0.854. The molecule has 3 heteroatoms. The van der Waals surface area contributed by atoms with Gasteiger partial charge >= 0.3 is 0 Å². The van der Waals surface area contributed by atoms with E-state index in [-0.39, 0.29) is 0 Å². The minimum absolute atomic E-state index is 0.854. The Kier molecular flexibility index (Phi) is 2.66. The van der Waals surface area contributed by atoms with Crippen LogP contribution in [0.5, 0.6) is 5.75 Å². The molecule has 0 saturated heterocycles. The molecular weight excluding hydrogens is 198 g/mol. The van der Waals surface area contributed by atoms with Gasteiger partial charge in [0.05, 0.1) is 7.11 Å². The maximum atomic E-state index is 6.15. The number of methoxy groups -OCH3 is 1. The number of fused-ring (bicyclic) bond motifs is 1. The Hall–Kier alpha value is -0.730. The van der Waals surface area contributed by atoms with E-state index in [2.05, 4.69) is 11.9 Å². The molecule has 0 aromatic heterocycles. The van der Waals surface area contributed by atoms with E-state index < -0.39 is 0 Å². The van der Waals surface area contributed by atoms with E-state index in [9.17, 15) is 0 Å². The van der Waals surface area contributed by atoms with Gasteiger partial charge in [0.15, 0.2) is 0 Å². The fourth-order valence-corrected chi connectivity index (χ4v) is 2.17. The molecule has 0 atom stereocenters. The molecule has 14 heavy (non-hydrogen) atoms. The van der Waals surface area contributed by atoms with Gasteiger partial charge in [0.25, 0.3) is 0 Å². The number of benzene rings is 1. The van der Waals surface area contributed by atoms with Crippen LogP contribution in [0.1, 0.15) is 11.1 Å². The lowest BCUT2D eigenvalue weighted by atomic mass is 9.99. The van der Waals surface area contributed by atoms with Crippen molar-refractivity contribution in [3.05, 3.63) is 28.3 Å². The zero-order valence-electron chi connectivity index (χ0n) is 8.51. The van der Waals surface area contributed by atoms with Crippen LogP contribution in [0.15, 0.2) is 12.1 Å². The van der Waals surface area contributed by atoms with E-state index >= 15 is 0 Å². The SMILES string of the molecule is COc1ccc(Cl)c2c1CCN(C)C2. The highest BCUT2D eigenvalue weighted by molar-refractivity contribution is 6.31. The third kappa shape index (κ3) is 1.60. The van der Waals surface area contributed by atoms with Gasteiger partial charge in [-0.2, -0.15) is 0 Å². The van der Waals surface area contributed by atoms with Crippen LogP contribution in [0.2, 0.25) is 5.02 Å². The van der Waals surface area contributed by atoms with E-state index in [0.717, 1.165) is 30.3 Å². The third-order valence-electron chi connectivity index (χ3n) is 2.72. The molecule has 0 spiro atoms. The molecular formula is C11H14ClNO. The average Bonchev–Trinajstić information content (AvgIpc) is 2.19. The number of hydrogen-bond acceptors (Lipinski definition) is 2. The predicted octanol–water partition coefficient (Wildman–Crippen LogP) is 2.34. The molecule has 1 aliphatic rings. The van der Waals surface area contributed by atoms with E-state index in [1.165, 1.54) is 11.1 Å². The van der Waals surface area contributed by atoms with Crippen LogP contribution >= 0.6 is 11.6 Å². The summed E-state index contributed by atoms with van der Waals surface area (Å²) >= 11 is 6.15. The molecule has 1 aliphatic heterocycles. The van der Waals surface area contributed by atoms with Gasteiger partial charge in [-0.25, -0.2) is 0 Å². The van der Waals surface area contributed by atoms with Crippen LogP contribution in [0.4, 0.5) is 0 Å². The molecule has 0 N–H and O–H groups in total. The topological polar surface area (TPSA) is 12.5 Å². The Labute approximate surface area is 89.4 Å². The summed E-state index contributed by atoms with van der Waals surface area (Å²) in [6, 6.07) is 3.87. The van der Waals surface area contributed by atoms with Crippen molar-refractivity contribution in [1.82, 2.24) is 4.90 Å². The van der Waals surface area contributed by atoms with Crippen LogP contribution < -0.4 is 4.74 Å². The van der Waals surface area contributed by atoms with Crippen molar-refractivity contribution in [1.29, 1.82) is 0 Å². The minimum Gasteiger partial charge on any atom is -0.496 e. The highest BCUT2D eigenvalue weighted by Gasteiger charge is 2.19. The first-order valence-electron chi connectivity index (χ1n) is 4.75. The van der Waals surface area contributed by atoms with E-state index in [4.69, 9.17) is 16.3 Å². The molecule has 1 aromatic carbocycles. The van der Waals surface area contributed by atoms with Crippen molar-refractivity contribution in [3.8, 4) is 5.75 Å². The smallest absolute Gasteiger partial charge is 0.122 e. The van der Waals surface area contributed by atoms with Crippen LogP contribution in [0, 0.1) is 0 Å². The highest BCUT2D eigenvalue weighted by atomic mass is 35.5. The van der Waals surface area contributed by atoms with Gasteiger partial charge in [0.1, 0.15) is 5.75 Å². The fraction of sp³-hybridized carbons (Fsp3) is 0.455. The number of nitrogens with zero attached hydrogens (tertiary/aromatic N) is 1.